The van der Waals surface area contributed by atoms with Crippen LogP contribution in [-0.4, -0.2) is 11.2 Å². The SMILES string of the molecule is O=C1C(=Cc2cccc(C3CCCCC3)c2)CCCC1Cl. The number of Topliss-reactive ketones (excluding diaryl/α,β-unsaturated/α-hetero) is 1. The van der Waals surface area contributed by atoms with Gasteiger partial charge in [0.1, 0.15) is 0 Å². The Balaban J connectivity index is 1.80. The van der Waals surface area contributed by atoms with Crippen LogP contribution in [0.25, 0.3) is 6.08 Å². The van der Waals surface area contributed by atoms with Crippen molar-refractivity contribution in [1.82, 2.24) is 0 Å². The minimum Gasteiger partial charge on any atom is -0.293 e. The Kier molecular flexibility index (Phi) is 4.80. The lowest BCUT2D eigenvalue weighted by atomic mass is 9.83. The van der Waals surface area contributed by atoms with E-state index >= 15 is 0 Å². The van der Waals surface area contributed by atoms with Gasteiger partial charge in [-0.3, -0.25) is 4.79 Å². The normalized spacial score (nSPS) is 26.2. The second kappa shape index (κ2) is 6.79. The van der Waals surface area contributed by atoms with E-state index < -0.39 is 0 Å². The molecular weight excluding hydrogens is 280 g/mol. The largest absolute Gasteiger partial charge is 0.293 e. The first-order valence-corrected chi connectivity index (χ1v) is 8.66. The highest BCUT2D eigenvalue weighted by Gasteiger charge is 2.24. The van der Waals surface area contributed by atoms with Crippen molar-refractivity contribution < 1.29 is 4.79 Å². The zero-order valence-electron chi connectivity index (χ0n) is 12.5. The highest BCUT2D eigenvalue weighted by Crippen LogP contribution is 2.33. The van der Waals surface area contributed by atoms with E-state index in [0.717, 1.165) is 30.4 Å². The third kappa shape index (κ3) is 3.58. The monoisotopic (exact) mass is 302 g/mol. The van der Waals surface area contributed by atoms with Gasteiger partial charge >= 0.3 is 0 Å². The first-order valence-electron chi connectivity index (χ1n) is 8.23. The fraction of sp³-hybridized carbons (Fsp3) is 0.526. The quantitative estimate of drug-likeness (QED) is 0.522. The number of ketones is 1. The van der Waals surface area contributed by atoms with Gasteiger partial charge in [-0.2, -0.15) is 0 Å². The number of benzene rings is 1. The molecular formula is C19H23ClO. The number of alkyl halides is 1. The summed E-state index contributed by atoms with van der Waals surface area (Å²) in [4.78, 5) is 12.1. The second-order valence-corrected chi connectivity index (χ2v) is 6.93. The van der Waals surface area contributed by atoms with E-state index in [9.17, 15) is 4.79 Å². The summed E-state index contributed by atoms with van der Waals surface area (Å²) in [5, 5.41) is -0.313. The fourth-order valence-electron chi connectivity index (χ4n) is 3.61. The van der Waals surface area contributed by atoms with Crippen molar-refractivity contribution in [2.24, 2.45) is 0 Å². The van der Waals surface area contributed by atoms with Crippen LogP contribution in [0.1, 0.15) is 68.4 Å². The minimum atomic E-state index is -0.313. The van der Waals surface area contributed by atoms with E-state index in [1.807, 2.05) is 0 Å². The number of allylic oxidation sites excluding steroid dienone is 1. The van der Waals surface area contributed by atoms with Crippen LogP contribution in [0.2, 0.25) is 0 Å². The zero-order valence-corrected chi connectivity index (χ0v) is 13.2. The van der Waals surface area contributed by atoms with E-state index in [0.29, 0.717) is 5.92 Å². The molecule has 0 bridgehead atoms. The molecule has 1 aromatic carbocycles. The molecule has 0 amide bonds. The molecule has 112 valence electrons. The van der Waals surface area contributed by atoms with Gasteiger partial charge in [0.15, 0.2) is 5.78 Å². The Morgan fingerprint density at radius 1 is 1.05 bits per heavy atom. The van der Waals surface area contributed by atoms with Crippen LogP contribution in [-0.2, 0) is 4.79 Å². The van der Waals surface area contributed by atoms with Crippen molar-refractivity contribution in [1.29, 1.82) is 0 Å². The van der Waals surface area contributed by atoms with Crippen molar-refractivity contribution in [2.45, 2.75) is 62.7 Å². The molecule has 1 unspecified atom stereocenters. The first kappa shape index (κ1) is 14.8. The molecule has 21 heavy (non-hydrogen) atoms. The predicted octanol–water partition coefficient (Wildman–Crippen LogP) is 5.48. The van der Waals surface area contributed by atoms with E-state index in [2.05, 4.69) is 30.3 Å². The van der Waals surface area contributed by atoms with Crippen LogP contribution in [0.4, 0.5) is 0 Å². The van der Waals surface area contributed by atoms with Crippen LogP contribution in [0.5, 0.6) is 0 Å². The Labute approximate surface area is 132 Å². The molecule has 2 aliphatic rings. The molecule has 1 nitrogen and oxygen atoms in total. The van der Waals surface area contributed by atoms with Crippen molar-refractivity contribution >= 4 is 23.5 Å². The Morgan fingerprint density at radius 2 is 1.86 bits per heavy atom. The molecule has 0 saturated heterocycles. The molecule has 0 N–H and O–H groups in total. The van der Waals surface area contributed by atoms with Gasteiger partial charge in [0.05, 0.1) is 5.38 Å². The Bertz CT molecular complexity index is 540. The number of hydrogen-bond donors (Lipinski definition) is 0. The summed E-state index contributed by atoms with van der Waals surface area (Å²) < 4.78 is 0. The van der Waals surface area contributed by atoms with E-state index in [-0.39, 0.29) is 11.2 Å². The summed E-state index contributed by atoms with van der Waals surface area (Å²) in [5.41, 5.74) is 3.50. The van der Waals surface area contributed by atoms with Crippen LogP contribution in [0, 0.1) is 0 Å². The average molecular weight is 303 g/mol. The van der Waals surface area contributed by atoms with Crippen LogP contribution in [0.15, 0.2) is 29.8 Å². The Morgan fingerprint density at radius 3 is 2.67 bits per heavy atom. The van der Waals surface area contributed by atoms with Crippen molar-refractivity contribution in [2.75, 3.05) is 0 Å². The number of rotatable bonds is 2. The minimum absolute atomic E-state index is 0.131. The van der Waals surface area contributed by atoms with Gasteiger partial charge in [0.2, 0.25) is 0 Å². The molecule has 2 heteroatoms. The molecule has 0 aliphatic heterocycles. The van der Waals surface area contributed by atoms with E-state index in [1.54, 1.807) is 0 Å². The highest BCUT2D eigenvalue weighted by atomic mass is 35.5. The maximum Gasteiger partial charge on any atom is 0.176 e. The molecule has 1 atom stereocenters. The maximum absolute atomic E-state index is 12.1. The summed E-state index contributed by atoms with van der Waals surface area (Å²) in [6, 6.07) is 8.74. The number of carbonyl (C=O) groups excluding carboxylic acids is 1. The summed E-state index contributed by atoms with van der Waals surface area (Å²) >= 11 is 6.09. The number of halogens is 1. The number of carbonyl (C=O) groups is 1. The van der Waals surface area contributed by atoms with Gasteiger partial charge in [-0.25, -0.2) is 0 Å². The second-order valence-electron chi connectivity index (χ2n) is 6.40. The first-order chi connectivity index (χ1) is 10.2. The molecule has 0 spiro atoms. The van der Waals surface area contributed by atoms with Crippen LogP contribution >= 0.6 is 11.6 Å². The van der Waals surface area contributed by atoms with E-state index in [4.69, 9.17) is 11.6 Å². The van der Waals surface area contributed by atoms with Gasteiger partial charge in [-0.15, -0.1) is 11.6 Å². The lowest BCUT2D eigenvalue weighted by Gasteiger charge is -2.22. The van der Waals surface area contributed by atoms with Gasteiger partial charge < -0.3 is 0 Å². The maximum atomic E-state index is 12.1. The molecule has 2 saturated carbocycles. The summed E-state index contributed by atoms with van der Waals surface area (Å²) in [6.45, 7) is 0. The molecule has 3 rings (SSSR count). The number of hydrogen-bond acceptors (Lipinski definition) is 1. The predicted molar refractivity (Wildman–Crippen MR) is 88.7 cm³/mol. The van der Waals surface area contributed by atoms with Crippen molar-refractivity contribution in [3.8, 4) is 0 Å². The molecule has 0 heterocycles. The molecule has 0 radical (unpaired) electrons. The summed E-state index contributed by atoms with van der Waals surface area (Å²) in [5.74, 6) is 0.839. The lowest BCUT2D eigenvalue weighted by molar-refractivity contribution is -0.116. The molecule has 0 aromatic heterocycles. The third-order valence-electron chi connectivity index (χ3n) is 4.83. The molecule has 1 aromatic rings. The van der Waals surface area contributed by atoms with Gasteiger partial charge in [0.25, 0.3) is 0 Å². The van der Waals surface area contributed by atoms with Gasteiger partial charge in [0, 0.05) is 0 Å². The third-order valence-corrected chi connectivity index (χ3v) is 5.25. The van der Waals surface area contributed by atoms with Crippen LogP contribution in [0.3, 0.4) is 0 Å². The standard InChI is InChI=1S/C19H23ClO/c20-18-11-5-10-17(19(18)21)13-14-6-4-9-16(12-14)15-7-2-1-3-8-15/h4,6,9,12-13,15,18H,1-3,5,7-8,10-11H2. The smallest absolute Gasteiger partial charge is 0.176 e. The van der Waals surface area contributed by atoms with Crippen molar-refractivity contribution in [3.05, 3.63) is 41.0 Å². The highest BCUT2D eigenvalue weighted by molar-refractivity contribution is 6.34. The van der Waals surface area contributed by atoms with Gasteiger partial charge in [-0.05, 0) is 60.8 Å². The fourth-order valence-corrected chi connectivity index (χ4v) is 3.90. The van der Waals surface area contributed by atoms with E-state index in [1.165, 1.54) is 37.7 Å². The lowest BCUT2D eigenvalue weighted by Crippen LogP contribution is -2.21. The topological polar surface area (TPSA) is 17.1 Å². The zero-order chi connectivity index (χ0) is 14.7. The summed E-state index contributed by atoms with van der Waals surface area (Å²) in [7, 11) is 0. The summed E-state index contributed by atoms with van der Waals surface area (Å²) in [6.07, 6.45) is 11.5. The molecule has 2 fully saturated rings. The Hall–Kier alpha value is -1.08. The average Bonchev–Trinajstić information content (AvgIpc) is 2.53. The van der Waals surface area contributed by atoms with Crippen molar-refractivity contribution in [3.63, 3.8) is 0 Å². The molecule has 2 aliphatic carbocycles. The van der Waals surface area contributed by atoms with Gasteiger partial charge in [-0.1, -0.05) is 43.5 Å². The van der Waals surface area contributed by atoms with Crippen LogP contribution < -0.4 is 0 Å².